The molecule has 20 heavy (non-hydrogen) atoms. The van der Waals surface area contributed by atoms with E-state index in [1.54, 1.807) is 12.1 Å². The molecule has 0 aromatic heterocycles. The lowest BCUT2D eigenvalue weighted by Crippen LogP contribution is -2.47. The van der Waals surface area contributed by atoms with Crippen molar-refractivity contribution in [3.8, 4) is 5.75 Å². The van der Waals surface area contributed by atoms with Crippen molar-refractivity contribution in [3.63, 3.8) is 0 Å². The van der Waals surface area contributed by atoms with Crippen molar-refractivity contribution in [1.82, 2.24) is 4.90 Å². The second-order valence-electron chi connectivity index (χ2n) is 6.17. The van der Waals surface area contributed by atoms with Gasteiger partial charge in [-0.3, -0.25) is 0 Å². The van der Waals surface area contributed by atoms with Crippen LogP contribution in [0, 0.1) is 11.8 Å². The van der Waals surface area contributed by atoms with Crippen molar-refractivity contribution in [2.24, 2.45) is 11.8 Å². The van der Waals surface area contributed by atoms with Crippen LogP contribution in [0.2, 0.25) is 0 Å². The Morgan fingerprint density at radius 3 is 2.60 bits per heavy atom. The summed E-state index contributed by atoms with van der Waals surface area (Å²) in [5.41, 5.74) is 0.0212. The molecule has 0 heterocycles. The number of phenolic OH excluding ortho intramolecular Hbond substituents is 1. The molecule has 0 radical (unpaired) electrons. The van der Waals surface area contributed by atoms with Crippen molar-refractivity contribution in [1.29, 1.82) is 0 Å². The maximum absolute atomic E-state index is 11.3. The second kappa shape index (κ2) is 6.79. The van der Waals surface area contributed by atoms with E-state index in [1.165, 1.54) is 6.42 Å². The number of nitrogens with zero attached hydrogens (tertiary/aromatic N) is 1. The van der Waals surface area contributed by atoms with Gasteiger partial charge in [-0.2, -0.15) is 0 Å². The standard InChI is InChI=1S/C16H25NO2.ClH/c1-12-6-4-8-14(11-17(2)3)16(12,19)13-7-5-9-15(18)10-13;/h5,7,9-10,12,14,18-19H,4,6,8,11H2,1-3H3;1H/t12?,14-,16?;/m0./s1. The number of benzene rings is 1. The maximum atomic E-state index is 11.3. The lowest BCUT2D eigenvalue weighted by atomic mass is 9.65. The van der Waals surface area contributed by atoms with Crippen LogP contribution in [0.5, 0.6) is 5.75 Å². The third kappa shape index (κ3) is 3.27. The zero-order valence-corrected chi connectivity index (χ0v) is 13.4. The van der Waals surface area contributed by atoms with Crippen molar-refractivity contribution in [2.75, 3.05) is 20.6 Å². The first-order chi connectivity index (χ1) is 8.94. The molecule has 0 amide bonds. The summed E-state index contributed by atoms with van der Waals surface area (Å²) in [6, 6.07) is 7.12. The van der Waals surface area contributed by atoms with Crippen molar-refractivity contribution >= 4 is 12.4 Å². The minimum atomic E-state index is -0.832. The van der Waals surface area contributed by atoms with Gasteiger partial charge in [-0.15, -0.1) is 12.4 Å². The van der Waals surface area contributed by atoms with Gasteiger partial charge in [-0.05, 0) is 50.6 Å². The van der Waals surface area contributed by atoms with Gasteiger partial charge >= 0.3 is 0 Å². The van der Waals surface area contributed by atoms with Crippen molar-refractivity contribution in [2.45, 2.75) is 31.8 Å². The van der Waals surface area contributed by atoms with Crippen LogP contribution in [0.1, 0.15) is 31.7 Å². The Kier molecular flexibility index (Phi) is 5.87. The normalized spacial score (nSPS) is 30.1. The Morgan fingerprint density at radius 2 is 2.00 bits per heavy atom. The summed E-state index contributed by atoms with van der Waals surface area (Å²) in [5, 5.41) is 21.0. The molecule has 0 bridgehead atoms. The smallest absolute Gasteiger partial charge is 0.115 e. The number of aromatic hydroxyl groups is 1. The average molecular weight is 300 g/mol. The van der Waals surface area contributed by atoms with Gasteiger partial charge < -0.3 is 15.1 Å². The fourth-order valence-corrected chi connectivity index (χ4v) is 3.46. The molecule has 1 aliphatic rings. The second-order valence-corrected chi connectivity index (χ2v) is 6.17. The van der Waals surface area contributed by atoms with E-state index in [0.29, 0.717) is 0 Å². The van der Waals surface area contributed by atoms with E-state index in [1.807, 2.05) is 26.2 Å². The number of rotatable bonds is 3. The van der Waals surface area contributed by atoms with Crippen LogP contribution in [-0.4, -0.2) is 35.8 Å². The van der Waals surface area contributed by atoms with Gasteiger partial charge in [0, 0.05) is 12.5 Å². The molecular weight excluding hydrogens is 274 g/mol. The van der Waals surface area contributed by atoms with Gasteiger partial charge in [-0.25, -0.2) is 0 Å². The molecule has 1 aromatic carbocycles. The summed E-state index contributed by atoms with van der Waals surface area (Å²) in [7, 11) is 4.09. The fourth-order valence-electron chi connectivity index (χ4n) is 3.46. The molecule has 114 valence electrons. The zero-order valence-electron chi connectivity index (χ0n) is 12.5. The lowest BCUT2D eigenvalue weighted by Gasteiger charge is -2.46. The molecule has 0 saturated heterocycles. The average Bonchev–Trinajstić information content (AvgIpc) is 2.34. The van der Waals surface area contributed by atoms with Crippen LogP contribution in [0.25, 0.3) is 0 Å². The highest BCUT2D eigenvalue weighted by atomic mass is 35.5. The molecule has 2 rings (SSSR count). The van der Waals surface area contributed by atoms with Crippen LogP contribution in [0.15, 0.2) is 24.3 Å². The van der Waals surface area contributed by atoms with Gasteiger partial charge in [0.05, 0.1) is 5.60 Å². The number of halogens is 1. The minimum absolute atomic E-state index is 0. The first kappa shape index (κ1) is 17.3. The van der Waals surface area contributed by atoms with E-state index in [-0.39, 0.29) is 30.0 Å². The van der Waals surface area contributed by atoms with Gasteiger partial charge in [0.1, 0.15) is 5.75 Å². The molecule has 3 atom stereocenters. The fraction of sp³-hybridized carbons (Fsp3) is 0.625. The van der Waals surface area contributed by atoms with E-state index < -0.39 is 5.60 Å². The zero-order chi connectivity index (χ0) is 14.0. The number of phenols is 1. The molecule has 0 spiro atoms. The first-order valence-corrected chi connectivity index (χ1v) is 7.11. The van der Waals surface area contributed by atoms with Gasteiger partial charge in [0.2, 0.25) is 0 Å². The number of aliphatic hydroxyl groups is 1. The van der Waals surface area contributed by atoms with Crippen molar-refractivity contribution < 1.29 is 10.2 Å². The Hall–Kier alpha value is -0.770. The minimum Gasteiger partial charge on any atom is -0.508 e. The van der Waals surface area contributed by atoms with E-state index >= 15 is 0 Å². The summed E-state index contributed by atoms with van der Waals surface area (Å²) in [4.78, 5) is 2.14. The Balaban J connectivity index is 0.00000200. The van der Waals surface area contributed by atoms with Crippen LogP contribution < -0.4 is 0 Å². The summed E-state index contributed by atoms with van der Waals surface area (Å²) in [5.74, 6) is 0.661. The first-order valence-electron chi connectivity index (χ1n) is 7.11. The largest absolute Gasteiger partial charge is 0.508 e. The molecule has 1 fully saturated rings. The SMILES string of the molecule is CC1CCC[C@@H](CN(C)C)C1(O)c1cccc(O)c1.Cl. The third-order valence-electron chi connectivity index (χ3n) is 4.46. The predicted octanol–water partition coefficient (Wildman–Crippen LogP) is 3.00. The van der Waals surface area contributed by atoms with Crippen LogP contribution in [-0.2, 0) is 5.60 Å². The molecule has 1 aliphatic carbocycles. The molecule has 3 nitrogen and oxygen atoms in total. The van der Waals surface area contributed by atoms with Crippen molar-refractivity contribution in [3.05, 3.63) is 29.8 Å². The summed E-state index contributed by atoms with van der Waals surface area (Å²) >= 11 is 0. The third-order valence-corrected chi connectivity index (χ3v) is 4.46. The van der Waals surface area contributed by atoms with E-state index in [4.69, 9.17) is 0 Å². The Bertz CT molecular complexity index is 438. The highest BCUT2D eigenvalue weighted by molar-refractivity contribution is 5.85. The molecular formula is C16H26ClNO2. The maximum Gasteiger partial charge on any atom is 0.115 e. The monoisotopic (exact) mass is 299 g/mol. The molecule has 1 saturated carbocycles. The summed E-state index contributed by atoms with van der Waals surface area (Å²) < 4.78 is 0. The number of hydrogen-bond acceptors (Lipinski definition) is 3. The topological polar surface area (TPSA) is 43.7 Å². The van der Waals surface area contributed by atoms with Crippen LogP contribution in [0.3, 0.4) is 0 Å². The van der Waals surface area contributed by atoms with Crippen LogP contribution >= 0.6 is 12.4 Å². The van der Waals surface area contributed by atoms with Gasteiger partial charge in [-0.1, -0.05) is 25.5 Å². The molecule has 4 heteroatoms. The molecule has 2 unspecified atom stereocenters. The quantitative estimate of drug-likeness (QED) is 0.902. The van der Waals surface area contributed by atoms with E-state index in [2.05, 4.69) is 11.8 Å². The number of hydrogen-bond donors (Lipinski definition) is 2. The van der Waals surface area contributed by atoms with Crippen LogP contribution in [0.4, 0.5) is 0 Å². The lowest BCUT2D eigenvalue weighted by molar-refractivity contribution is -0.102. The van der Waals surface area contributed by atoms with E-state index in [0.717, 1.165) is 24.9 Å². The summed E-state index contributed by atoms with van der Waals surface area (Å²) in [6.07, 6.45) is 3.24. The highest BCUT2D eigenvalue weighted by Crippen LogP contribution is 2.46. The molecule has 0 aliphatic heterocycles. The predicted molar refractivity (Wildman–Crippen MR) is 84.3 cm³/mol. The van der Waals surface area contributed by atoms with Gasteiger partial charge in [0.15, 0.2) is 0 Å². The molecule has 2 N–H and O–H groups in total. The summed E-state index contributed by atoms with van der Waals surface area (Å²) in [6.45, 7) is 2.99. The highest BCUT2D eigenvalue weighted by Gasteiger charge is 2.45. The molecule has 1 aromatic rings. The van der Waals surface area contributed by atoms with Gasteiger partial charge in [0.25, 0.3) is 0 Å². The van der Waals surface area contributed by atoms with E-state index in [9.17, 15) is 10.2 Å². The Morgan fingerprint density at radius 1 is 1.30 bits per heavy atom. The Labute approximate surface area is 128 Å².